The minimum atomic E-state index is -1.05. The number of aromatic carboxylic acids is 1. The number of carboxylic acids is 1. The number of ether oxygens (including phenoxy) is 1. The van der Waals surface area contributed by atoms with Gasteiger partial charge in [0.15, 0.2) is 5.82 Å². The van der Waals surface area contributed by atoms with Crippen LogP contribution >= 0.6 is 0 Å². The van der Waals surface area contributed by atoms with Crippen LogP contribution in [-0.2, 0) is 0 Å². The molecule has 6 nitrogen and oxygen atoms in total. The van der Waals surface area contributed by atoms with Crippen molar-refractivity contribution in [1.29, 1.82) is 5.26 Å². The molecule has 0 fully saturated rings. The smallest absolute Gasteiger partial charge is 0.339 e. The van der Waals surface area contributed by atoms with Crippen molar-refractivity contribution >= 4 is 5.97 Å². The summed E-state index contributed by atoms with van der Waals surface area (Å²) in [7, 11) is 0. The van der Waals surface area contributed by atoms with E-state index in [1.165, 1.54) is 6.20 Å². The molecule has 1 aromatic carbocycles. The summed E-state index contributed by atoms with van der Waals surface area (Å²) in [4.78, 5) is 19.3. The molecule has 0 saturated heterocycles. The third-order valence-corrected chi connectivity index (χ3v) is 3.44. The second kappa shape index (κ2) is 7.38. The predicted molar refractivity (Wildman–Crippen MR) is 88.6 cm³/mol. The van der Waals surface area contributed by atoms with E-state index in [4.69, 9.17) is 15.1 Å². The number of nitrogens with zero attached hydrogens (tertiary/aromatic N) is 3. The van der Waals surface area contributed by atoms with Gasteiger partial charge in [-0.05, 0) is 45.0 Å². The van der Waals surface area contributed by atoms with Gasteiger partial charge in [0.1, 0.15) is 12.4 Å². The Morgan fingerprint density at radius 3 is 2.46 bits per heavy atom. The summed E-state index contributed by atoms with van der Waals surface area (Å²) in [5.41, 5.74) is 2.78. The first-order valence-electron chi connectivity index (χ1n) is 7.29. The number of nitriles is 1. The summed E-state index contributed by atoms with van der Waals surface area (Å²) in [6.45, 7) is 5.59. The Bertz CT molecular complexity index is 830. The molecule has 0 aliphatic rings. The fourth-order valence-electron chi connectivity index (χ4n) is 1.96. The minimum Gasteiger partial charge on any atom is -0.488 e. The van der Waals surface area contributed by atoms with Gasteiger partial charge in [0.25, 0.3) is 0 Å². The highest BCUT2D eigenvalue weighted by Gasteiger charge is 2.11. The maximum Gasteiger partial charge on any atom is 0.339 e. The topological polar surface area (TPSA) is 96.1 Å². The molecular formula is C18H17N3O3. The minimum absolute atomic E-state index is 0.0875. The lowest BCUT2D eigenvalue weighted by Crippen LogP contribution is -2.04. The van der Waals surface area contributed by atoms with Crippen molar-refractivity contribution in [2.45, 2.75) is 20.8 Å². The molecule has 0 saturated carbocycles. The summed E-state index contributed by atoms with van der Waals surface area (Å²) in [6, 6.07) is 9.22. The Hall–Kier alpha value is -3.20. The van der Waals surface area contributed by atoms with E-state index in [2.05, 4.69) is 16.0 Å². The second-order valence-electron chi connectivity index (χ2n) is 5.40. The van der Waals surface area contributed by atoms with Crippen LogP contribution in [0.3, 0.4) is 0 Å². The van der Waals surface area contributed by atoms with Gasteiger partial charge in [0.2, 0.25) is 0 Å². The average molecular weight is 323 g/mol. The predicted octanol–water partition coefficient (Wildman–Crippen LogP) is 3.39. The van der Waals surface area contributed by atoms with Gasteiger partial charge in [-0.3, -0.25) is 0 Å². The maximum absolute atomic E-state index is 11.0. The highest BCUT2D eigenvalue weighted by atomic mass is 16.5. The van der Waals surface area contributed by atoms with Crippen LogP contribution in [0.5, 0.6) is 5.75 Å². The lowest BCUT2D eigenvalue weighted by molar-refractivity contribution is 0.0695. The summed E-state index contributed by atoms with van der Waals surface area (Å²) in [5, 5.41) is 18.0. The molecule has 2 rings (SSSR count). The molecule has 0 unspecified atom stereocenters. The van der Waals surface area contributed by atoms with E-state index in [0.717, 1.165) is 11.1 Å². The van der Waals surface area contributed by atoms with Crippen molar-refractivity contribution < 1.29 is 14.6 Å². The molecule has 2 aromatic rings. The highest BCUT2D eigenvalue weighted by molar-refractivity contribution is 5.88. The normalized spacial score (nSPS) is 9.92. The molecule has 0 atom stereocenters. The van der Waals surface area contributed by atoms with Crippen molar-refractivity contribution in [3.05, 3.63) is 52.9 Å². The van der Waals surface area contributed by atoms with Gasteiger partial charge in [-0.15, -0.1) is 0 Å². The number of benzene rings is 1. The van der Waals surface area contributed by atoms with E-state index in [-0.39, 0.29) is 12.2 Å². The van der Waals surface area contributed by atoms with Crippen LogP contribution in [0.1, 0.15) is 29.9 Å². The van der Waals surface area contributed by atoms with Crippen LogP contribution in [0.15, 0.2) is 41.6 Å². The molecule has 0 spiro atoms. The lowest BCUT2D eigenvalue weighted by atomic mass is 10.1. The van der Waals surface area contributed by atoms with Gasteiger partial charge in [-0.1, -0.05) is 5.57 Å². The zero-order valence-corrected chi connectivity index (χ0v) is 13.7. The van der Waals surface area contributed by atoms with Crippen molar-refractivity contribution in [2.75, 3.05) is 6.61 Å². The second-order valence-corrected chi connectivity index (χ2v) is 5.40. The third-order valence-electron chi connectivity index (χ3n) is 3.44. The molecule has 1 heterocycles. The first-order chi connectivity index (χ1) is 11.4. The molecule has 1 aromatic heterocycles. The van der Waals surface area contributed by atoms with E-state index in [1.54, 1.807) is 31.2 Å². The Labute approximate surface area is 140 Å². The number of rotatable bonds is 5. The van der Waals surface area contributed by atoms with Gasteiger partial charge >= 0.3 is 5.97 Å². The van der Waals surface area contributed by atoms with E-state index >= 15 is 0 Å². The van der Waals surface area contributed by atoms with Crippen LogP contribution < -0.4 is 4.74 Å². The standard InChI is InChI=1S/C18H17N3O3/c1-11(2)14(8-19)10-24-15-6-4-13(5-7-15)17-20-9-16(18(22)23)12(3)21-17/h4-7,9H,10H2,1-3H3,(H,22,23). The van der Waals surface area contributed by atoms with Gasteiger partial charge in [0.05, 0.1) is 22.9 Å². The van der Waals surface area contributed by atoms with Crippen LogP contribution in [0, 0.1) is 18.3 Å². The zero-order valence-electron chi connectivity index (χ0n) is 13.7. The Balaban J connectivity index is 2.15. The SMILES string of the molecule is CC(C)=C(C#N)COc1ccc(-c2ncc(C(=O)O)c(C)n2)cc1. The fraction of sp³-hybridized carbons (Fsp3) is 0.222. The summed E-state index contributed by atoms with van der Waals surface area (Å²) in [6.07, 6.45) is 1.30. The number of aryl methyl sites for hydroxylation is 1. The third kappa shape index (κ3) is 3.96. The molecule has 24 heavy (non-hydrogen) atoms. The molecule has 6 heteroatoms. The van der Waals surface area contributed by atoms with Gasteiger partial charge in [-0.2, -0.15) is 5.26 Å². The largest absolute Gasteiger partial charge is 0.488 e. The van der Waals surface area contributed by atoms with Crippen LogP contribution in [-0.4, -0.2) is 27.7 Å². The zero-order chi connectivity index (χ0) is 17.7. The number of aromatic nitrogens is 2. The first-order valence-corrected chi connectivity index (χ1v) is 7.29. The van der Waals surface area contributed by atoms with Crippen molar-refractivity contribution in [2.24, 2.45) is 0 Å². The Kier molecular flexibility index (Phi) is 5.27. The number of carbonyl (C=O) groups is 1. The molecule has 0 aliphatic carbocycles. The monoisotopic (exact) mass is 323 g/mol. The molecule has 122 valence electrons. The van der Waals surface area contributed by atoms with E-state index in [1.807, 2.05) is 13.8 Å². The van der Waals surface area contributed by atoms with Crippen LogP contribution in [0.25, 0.3) is 11.4 Å². The number of allylic oxidation sites excluding steroid dienone is 1. The summed E-state index contributed by atoms with van der Waals surface area (Å²) in [5.74, 6) is 0.0352. The van der Waals surface area contributed by atoms with Gasteiger partial charge < -0.3 is 9.84 Å². The number of carboxylic acid groups (broad SMARTS) is 1. The molecule has 1 N–H and O–H groups in total. The quantitative estimate of drug-likeness (QED) is 0.847. The number of hydrogen-bond donors (Lipinski definition) is 1. The van der Waals surface area contributed by atoms with E-state index in [0.29, 0.717) is 22.8 Å². The Morgan fingerprint density at radius 2 is 1.96 bits per heavy atom. The van der Waals surface area contributed by atoms with Crippen LogP contribution in [0.2, 0.25) is 0 Å². The molecular weight excluding hydrogens is 306 g/mol. The average Bonchev–Trinajstić information content (AvgIpc) is 2.55. The lowest BCUT2D eigenvalue weighted by Gasteiger charge is -2.08. The van der Waals surface area contributed by atoms with Gasteiger partial charge in [-0.25, -0.2) is 14.8 Å². The molecule has 0 aliphatic heterocycles. The molecule has 0 amide bonds. The van der Waals surface area contributed by atoms with Crippen molar-refractivity contribution in [3.8, 4) is 23.2 Å². The van der Waals surface area contributed by atoms with Gasteiger partial charge in [0, 0.05) is 11.8 Å². The van der Waals surface area contributed by atoms with E-state index < -0.39 is 5.97 Å². The van der Waals surface area contributed by atoms with Crippen molar-refractivity contribution in [1.82, 2.24) is 9.97 Å². The van der Waals surface area contributed by atoms with E-state index in [9.17, 15) is 4.79 Å². The molecule has 0 bridgehead atoms. The Morgan fingerprint density at radius 1 is 1.29 bits per heavy atom. The molecule has 0 radical (unpaired) electrons. The van der Waals surface area contributed by atoms with Crippen LogP contribution in [0.4, 0.5) is 0 Å². The first kappa shape index (κ1) is 17.2. The highest BCUT2D eigenvalue weighted by Crippen LogP contribution is 2.21. The summed E-state index contributed by atoms with van der Waals surface area (Å²) < 4.78 is 5.59. The maximum atomic E-state index is 11.0. The fourth-order valence-corrected chi connectivity index (χ4v) is 1.96. The van der Waals surface area contributed by atoms with Crippen molar-refractivity contribution in [3.63, 3.8) is 0 Å². The number of hydrogen-bond acceptors (Lipinski definition) is 5. The summed E-state index contributed by atoms with van der Waals surface area (Å²) >= 11 is 0.